The lowest BCUT2D eigenvalue weighted by atomic mass is 10.0. The molecule has 2 heterocycles. The monoisotopic (exact) mass is 366 g/mol. The van der Waals surface area contributed by atoms with Gasteiger partial charge in [0.05, 0.1) is 17.3 Å². The number of fused-ring (bicyclic) bond motifs is 1. The number of carbonyl (C=O) groups excluding carboxylic acids is 1. The van der Waals surface area contributed by atoms with Crippen LogP contribution in [0.5, 0.6) is 0 Å². The molecule has 1 fully saturated rings. The van der Waals surface area contributed by atoms with E-state index >= 15 is 0 Å². The molecule has 0 unspecified atom stereocenters. The molecule has 1 aromatic rings. The fourth-order valence-electron chi connectivity index (χ4n) is 3.55. The largest absolute Gasteiger partial charge is 0.383 e. The van der Waals surface area contributed by atoms with Crippen LogP contribution in [0.3, 0.4) is 0 Å². The van der Waals surface area contributed by atoms with Crippen molar-refractivity contribution in [3.05, 3.63) is 15.6 Å². The van der Waals surface area contributed by atoms with Crippen LogP contribution in [-0.4, -0.2) is 61.9 Å². The van der Waals surface area contributed by atoms with Gasteiger partial charge >= 0.3 is 6.03 Å². The summed E-state index contributed by atoms with van der Waals surface area (Å²) in [7, 11) is 1.74. The summed E-state index contributed by atoms with van der Waals surface area (Å²) in [5, 5.41) is 7.26. The van der Waals surface area contributed by atoms with Gasteiger partial charge in [0.2, 0.25) is 0 Å². The Morgan fingerprint density at radius 3 is 2.88 bits per heavy atom. The number of urea groups is 1. The molecule has 3 rings (SSSR count). The Balaban J connectivity index is 1.31. The molecule has 25 heavy (non-hydrogen) atoms. The Morgan fingerprint density at radius 1 is 1.32 bits per heavy atom. The van der Waals surface area contributed by atoms with Gasteiger partial charge in [-0.25, -0.2) is 9.78 Å². The van der Waals surface area contributed by atoms with Gasteiger partial charge in [-0.2, -0.15) is 0 Å². The van der Waals surface area contributed by atoms with Gasteiger partial charge in [-0.05, 0) is 38.5 Å². The van der Waals surface area contributed by atoms with Crippen LogP contribution in [0, 0.1) is 0 Å². The molecule has 0 atom stereocenters. The third-order valence-electron chi connectivity index (χ3n) is 5.05. The summed E-state index contributed by atoms with van der Waals surface area (Å²) < 4.78 is 5.12. The smallest absolute Gasteiger partial charge is 0.315 e. The van der Waals surface area contributed by atoms with Crippen LogP contribution in [0.15, 0.2) is 0 Å². The van der Waals surface area contributed by atoms with Gasteiger partial charge in [-0.15, -0.1) is 11.3 Å². The molecule has 1 aliphatic heterocycles. The third-order valence-corrected chi connectivity index (χ3v) is 6.27. The maximum Gasteiger partial charge on any atom is 0.315 e. The minimum absolute atomic E-state index is 0.0448. The number of carbonyl (C=O) groups is 1. The number of ether oxygens (including phenoxy) is 1. The fraction of sp³-hybridized carbons (Fsp3) is 0.778. The average molecular weight is 367 g/mol. The highest BCUT2D eigenvalue weighted by molar-refractivity contribution is 7.11. The molecular weight excluding hydrogens is 336 g/mol. The van der Waals surface area contributed by atoms with Gasteiger partial charge in [0.25, 0.3) is 0 Å². The second-order valence-corrected chi connectivity index (χ2v) is 8.11. The van der Waals surface area contributed by atoms with Crippen molar-refractivity contribution < 1.29 is 9.53 Å². The van der Waals surface area contributed by atoms with Crippen molar-refractivity contribution in [3.63, 3.8) is 0 Å². The maximum atomic E-state index is 12.1. The van der Waals surface area contributed by atoms with Crippen LogP contribution in [-0.2, 0) is 24.0 Å². The molecule has 6 nitrogen and oxygen atoms in total. The summed E-state index contributed by atoms with van der Waals surface area (Å²) in [6, 6.07) is 0.239. The number of likely N-dealkylation sites (tertiary alicyclic amines) is 1. The summed E-state index contributed by atoms with van der Waals surface area (Å²) in [4.78, 5) is 20.7. The van der Waals surface area contributed by atoms with Crippen LogP contribution >= 0.6 is 11.3 Å². The van der Waals surface area contributed by atoms with E-state index in [4.69, 9.17) is 9.72 Å². The van der Waals surface area contributed by atoms with Crippen LogP contribution in [0.25, 0.3) is 0 Å². The van der Waals surface area contributed by atoms with E-state index in [1.54, 1.807) is 7.11 Å². The third kappa shape index (κ3) is 5.66. The highest BCUT2D eigenvalue weighted by Crippen LogP contribution is 2.26. The summed E-state index contributed by atoms with van der Waals surface area (Å²) in [6.07, 6.45) is 7.72. The Kier molecular flexibility index (Phi) is 7.07. The number of methoxy groups -OCH3 is 1. The van der Waals surface area contributed by atoms with Crippen molar-refractivity contribution in [2.45, 2.75) is 51.0 Å². The molecule has 2 N–H and O–H groups in total. The standard InChI is InChI=1S/C18H30N4O2S/c1-24-13-12-22-10-7-14(8-11-22)20-18(23)19-9-6-17-21-15-4-2-3-5-16(15)25-17/h14H,2-13H2,1H3,(H2,19,20,23). The van der Waals surface area contributed by atoms with E-state index in [0.29, 0.717) is 6.54 Å². The molecule has 0 aromatic carbocycles. The van der Waals surface area contributed by atoms with Crippen molar-refractivity contribution in [1.82, 2.24) is 20.5 Å². The lowest BCUT2D eigenvalue weighted by Gasteiger charge is -2.32. The summed E-state index contributed by atoms with van der Waals surface area (Å²) in [5.74, 6) is 0. The number of hydrogen-bond donors (Lipinski definition) is 2. The quantitative estimate of drug-likeness (QED) is 0.774. The summed E-state index contributed by atoms with van der Waals surface area (Å²) in [5.41, 5.74) is 1.30. The normalized spacial score (nSPS) is 18.8. The average Bonchev–Trinajstić information content (AvgIpc) is 3.04. The van der Waals surface area contributed by atoms with Crippen molar-refractivity contribution in [3.8, 4) is 0 Å². The number of aromatic nitrogens is 1. The van der Waals surface area contributed by atoms with Gasteiger partial charge in [0.1, 0.15) is 0 Å². The van der Waals surface area contributed by atoms with Gasteiger partial charge in [-0.3, -0.25) is 0 Å². The van der Waals surface area contributed by atoms with Gasteiger partial charge in [-0.1, -0.05) is 0 Å². The number of nitrogens with one attached hydrogen (secondary N) is 2. The number of rotatable bonds is 7. The highest BCUT2D eigenvalue weighted by Gasteiger charge is 2.20. The first-order valence-electron chi connectivity index (χ1n) is 9.47. The van der Waals surface area contributed by atoms with E-state index in [1.807, 2.05) is 11.3 Å². The molecule has 0 bridgehead atoms. The zero-order valence-corrected chi connectivity index (χ0v) is 16.0. The molecule has 1 aromatic heterocycles. The van der Waals surface area contributed by atoms with Gasteiger partial charge in [0.15, 0.2) is 0 Å². The molecule has 0 spiro atoms. The predicted molar refractivity (Wildman–Crippen MR) is 100 cm³/mol. The molecule has 1 saturated heterocycles. The van der Waals surface area contributed by atoms with Crippen LogP contribution in [0.4, 0.5) is 4.79 Å². The van der Waals surface area contributed by atoms with E-state index in [1.165, 1.54) is 34.8 Å². The molecule has 7 heteroatoms. The molecule has 1 aliphatic carbocycles. The Hall–Kier alpha value is -1.18. The van der Waals surface area contributed by atoms with Crippen molar-refractivity contribution >= 4 is 17.4 Å². The predicted octanol–water partition coefficient (Wildman–Crippen LogP) is 1.97. The second-order valence-electron chi connectivity index (χ2n) is 6.94. The Morgan fingerprint density at radius 2 is 2.12 bits per heavy atom. The van der Waals surface area contributed by atoms with Crippen molar-refractivity contribution in [2.75, 3.05) is 39.9 Å². The zero-order chi connectivity index (χ0) is 17.5. The Bertz CT molecular complexity index is 532. The SMILES string of the molecule is COCCN1CCC(NC(=O)NCCc2nc3c(s2)CCCC3)CC1. The lowest BCUT2D eigenvalue weighted by molar-refractivity contribution is 0.126. The van der Waals surface area contributed by atoms with E-state index in [0.717, 1.165) is 51.9 Å². The first-order valence-corrected chi connectivity index (χ1v) is 10.3. The van der Waals surface area contributed by atoms with Gasteiger partial charge < -0.3 is 20.3 Å². The number of hydrogen-bond acceptors (Lipinski definition) is 5. The van der Waals surface area contributed by atoms with Gasteiger partial charge in [0, 0.05) is 50.6 Å². The van der Waals surface area contributed by atoms with Crippen molar-refractivity contribution in [2.24, 2.45) is 0 Å². The van der Waals surface area contributed by atoms with E-state index < -0.39 is 0 Å². The topological polar surface area (TPSA) is 66.5 Å². The molecule has 140 valence electrons. The Labute approximate surface area is 154 Å². The van der Waals surface area contributed by atoms with Crippen molar-refractivity contribution in [1.29, 1.82) is 0 Å². The summed E-state index contributed by atoms with van der Waals surface area (Å²) in [6.45, 7) is 4.47. The summed E-state index contributed by atoms with van der Waals surface area (Å²) >= 11 is 1.83. The van der Waals surface area contributed by atoms with Crippen LogP contribution in [0.1, 0.15) is 41.3 Å². The van der Waals surface area contributed by atoms with E-state index in [2.05, 4.69) is 15.5 Å². The molecular formula is C18H30N4O2S. The molecule has 0 radical (unpaired) electrons. The number of piperidine rings is 1. The zero-order valence-electron chi connectivity index (χ0n) is 15.2. The fourth-order valence-corrected chi connectivity index (χ4v) is 4.71. The second kappa shape index (κ2) is 9.50. The number of nitrogens with zero attached hydrogens (tertiary/aromatic N) is 2. The first-order chi connectivity index (χ1) is 12.2. The molecule has 2 amide bonds. The minimum atomic E-state index is -0.0448. The molecule has 0 saturated carbocycles. The van der Waals surface area contributed by atoms with E-state index in [9.17, 15) is 4.79 Å². The van der Waals surface area contributed by atoms with Crippen LogP contribution in [0.2, 0.25) is 0 Å². The lowest BCUT2D eigenvalue weighted by Crippen LogP contribution is -2.48. The number of aryl methyl sites for hydroxylation is 2. The first kappa shape index (κ1) is 18.6. The van der Waals surface area contributed by atoms with Crippen LogP contribution < -0.4 is 10.6 Å². The minimum Gasteiger partial charge on any atom is -0.383 e. The van der Waals surface area contributed by atoms with E-state index in [-0.39, 0.29) is 12.1 Å². The highest BCUT2D eigenvalue weighted by atomic mass is 32.1. The maximum absolute atomic E-state index is 12.1. The number of amides is 2. The molecule has 2 aliphatic rings. The number of thiazole rings is 1.